The largest absolute Gasteiger partial charge is 0.481 e. The zero-order chi connectivity index (χ0) is 13.2. The predicted octanol–water partition coefficient (Wildman–Crippen LogP) is 1.15. The van der Waals surface area contributed by atoms with Gasteiger partial charge in [-0.2, -0.15) is 0 Å². The van der Waals surface area contributed by atoms with Crippen LogP contribution in [0.4, 0.5) is 5.95 Å². The van der Waals surface area contributed by atoms with Gasteiger partial charge in [-0.15, -0.1) is 10.2 Å². The molecule has 0 aliphatic rings. The quantitative estimate of drug-likeness (QED) is 0.807. The first-order chi connectivity index (χ1) is 7.82. The third-order valence-electron chi connectivity index (χ3n) is 3.48. The molecule has 1 rings (SSSR count). The van der Waals surface area contributed by atoms with Gasteiger partial charge in [0, 0.05) is 20.5 Å². The first kappa shape index (κ1) is 13.5. The second-order valence-electron chi connectivity index (χ2n) is 4.80. The molecule has 2 N–H and O–H groups in total. The summed E-state index contributed by atoms with van der Waals surface area (Å²) in [6, 6.07) is 0. The van der Waals surface area contributed by atoms with E-state index in [0.717, 1.165) is 0 Å². The van der Waals surface area contributed by atoms with Crippen molar-refractivity contribution in [2.24, 2.45) is 18.4 Å². The SMILES string of the molecule is CNc1nnc(CC(C)(C(=O)O)C(C)C)n1C. The maximum Gasteiger partial charge on any atom is 0.310 e. The van der Waals surface area contributed by atoms with Crippen molar-refractivity contribution in [3.63, 3.8) is 0 Å². The summed E-state index contributed by atoms with van der Waals surface area (Å²) >= 11 is 0. The number of carbonyl (C=O) groups is 1. The monoisotopic (exact) mass is 240 g/mol. The van der Waals surface area contributed by atoms with E-state index in [2.05, 4.69) is 15.5 Å². The van der Waals surface area contributed by atoms with Gasteiger partial charge in [0.15, 0.2) is 0 Å². The lowest BCUT2D eigenvalue weighted by atomic mass is 9.76. The molecule has 1 atom stereocenters. The minimum atomic E-state index is -0.828. The number of rotatable bonds is 5. The number of aromatic nitrogens is 3. The van der Waals surface area contributed by atoms with E-state index < -0.39 is 11.4 Å². The van der Waals surface area contributed by atoms with Gasteiger partial charge in [0.1, 0.15) is 5.82 Å². The molecule has 0 spiro atoms. The van der Waals surface area contributed by atoms with Crippen molar-refractivity contribution in [1.29, 1.82) is 0 Å². The number of nitrogens with zero attached hydrogens (tertiary/aromatic N) is 3. The van der Waals surface area contributed by atoms with Crippen LogP contribution in [-0.2, 0) is 18.3 Å². The lowest BCUT2D eigenvalue weighted by molar-refractivity contribution is -0.150. The Hall–Kier alpha value is -1.59. The van der Waals surface area contributed by atoms with Gasteiger partial charge in [-0.25, -0.2) is 0 Å². The summed E-state index contributed by atoms with van der Waals surface area (Å²) in [6.07, 6.45) is 0.366. The number of anilines is 1. The van der Waals surface area contributed by atoms with Crippen LogP contribution in [-0.4, -0.2) is 32.9 Å². The summed E-state index contributed by atoms with van der Waals surface area (Å²) in [5.74, 6) is 0.528. The number of hydrogen-bond acceptors (Lipinski definition) is 4. The fraction of sp³-hybridized carbons (Fsp3) is 0.727. The lowest BCUT2D eigenvalue weighted by Gasteiger charge is -2.28. The average molecular weight is 240 g/mol. The Kier molecular flexibility index (Phi) is 3.75. The number of carboxylic acids is 1. The van der Waals surface area contributed by atoms with Crippen LogP contribution in [0.5, 0.6) is 0 Å². The fourth-order valence-corrected chi connectivity index (χ4v) is 1.59. The number of nitrogens with one attached hydrogen (secondary N) is 1. The summed E-state index contributed by atoms with van der Waals surface area (Å²) < 4.78 is 1.78. The summed E-state index contributed by atoms with van der Waals surface area (Å²) in [4.78, 5) is 11.4. The molecule has 1 aromatic rings. The summed E-state index contributed by atoms with van der Waals surface area (Å²) in [5, 5.41) is 20.2. The summed E-state index contributed by atoms with van der Waals surface area (Å²) in [7, 11) is 3.58. The van der Waals surface area contributed by atoms with Gasteiger partial charge in [-0.05, 0) is 12.8 Å². The predicted molar refractivity (Wildman–Crippen MR) is 64.8 cm³/mol. The Morgan fingerprint density at radius 1 is 1.53 bits per heavy atom. The molecule has 0 amide bonds. The highest BCUT2D eigenvalue weighted by Gasteiger charge is 2.38. The van der Waals surface area contributed by atoms with Crippen LogP contribution in [0, 0.1) is 11.3 Å². The first-order valence-electron chi connectivity index (χ1n) is 5.62. The molecule has 0 saturated carbocycles. The standard InChI is InChI=1S/C11H20N4O2/c1-7(2)11(3,9(16)17)6-8-13-14-10(12-4)15(8)5/h7H,6H2,1-5H3,(H,12,14)(H,16,17). The molecule has 1 heterocycles. The average Bonchev–Trinajstić information content (AvgIpc) is 2.59. The molecule has 0 aliphatic carbocycles. The van der Waals surface area contributed by atoms with Crippen molar-refractivity contribution < 1.29 is 9.90 Å². The smallest absolute Gasteiger partial charge is 0.310 e. The van der Waals surface area contributed by atoms with Gasteiger partial charge in [0.05, 0.1) is 5.41 Å². The van der Waals surface area contributed by atoms with E-state index in [1.54, 1.807) is 18.5 Å². The van der Waals surface area contributed by atoms with Crippen LogP contribution < -0.4 is 5.32 Å². The molecule has 1 unspecified atom stereocenters. The lowest BCUT2D eigenvalue weighted by Crippen LogP contribution is -2.36. The van der Waals surface area contributed by atoms with Gasteiger partial charge < -0.3 is 15.0 Å². The van der Waals surface area contributed by atoms with Crippen LogP contribution in [0.1, 0.15) is 26.6 Å². The van der Waals surface area contributed by atoms with Crippen molar-refractivity contribution in [3.05, 3.63) is 5.82 Å². The van der Waals surface area contributed by atoms with E-state index in [0.29, 0.717) is 18.2 Å². The van der Waals surface area contributed by atoms with Gasteiger partial charge in [0.25, 0.3) is 0 Å². The fourth-order valence-electron chi connectivity index (χ4n) is 1.59. The van der Waals surface area contributed by atoms with Gasteiger partial charge in [0.2, 0.25) is 5.95 Å². The molecule has 17 heavy (non-hydrogen) atoms. The van der Waals surface area contributed by atoms with Crippen LogP contribution >= 0.6 is 0 Å². The maximum absolute atomic E-state index is 11.4. The highest BCUT2D eigenvalue weighted by molar-refractivity contribution is 5.74. The molecule has 0 radical (unpaired) electrons. The van der Waals surface area contributed by atoms with E-state index in [-0.39, 0.29) is 5.92 Å². The molecule has 0 aromatic carbocycles. The van der Waals surface area contributed by atoms with Crippen molar-refractivity contribution >= 4 is 11.9 Å². The molecular weight excluding hydrogens is 220 g/mol. The molecular formula is C11H20N4O2. The van der Waals surface area contributed by atoms with Crippen LogP contribution in [0.2, 0.25) is 0 Å². The van der Waals surface area contributed by atoms with Gasteiger partial charge >= 0.3 is 5.97 Å². The molecule has 0 fully saturated rings. The Morgan fingerprint density at radius 3 is 2.47 bits per heavy atom. The van der Waals surface area contributed by atoms with Gasteiger partial charge in [-0.3, -0.25) is 4.79 Å². The molecule has 0 saturated heterocycles. The van der Waals surface area contributed by atoms with E-state index in [1.165, 1.54) is 0 Å². The zero-order valence-electron chi connectivity index (χ0n) is 11.0. The first-order valence-corrected chi connectivity index (χ1v) is 5.62. The third-order valence-corrected chi connectivity index (χ3v) is 3.48. The van der Waals surface area contributed by atoms with E-state index in [9.17, 15) is 9.90 Å². The molecule has 0 bridgehead atoms. The number of aliphatic carboxylic acids is 1. The highest BCUT2D eigenvalue weighted by Crippen LogP contribution is 2.31. The molecule has 6 heteroatoms. The second-order valence-corrected chi connectivity index (χ2v) is 4.80. The van der Waals surface area contributed by atoms with Crippen molar-refractivity contribution in [1.82, 2.24) is 14.8 Å². The minimum absolute atomic E-state index is 0.0229. The normalized spacial score (nSPS) is 14.7. The van der Waals surface area contributed by atoms with E-state index >= 15 is 0 Å². The Morgan fingerprint density at radius 2 is 2.12 bits per heavy atom. The van der Waals surface area contributed by atoms with Crippen molar-refractivity contribution in [2.75, 3.05) is 12.4 Å². The third kappa shape index (κ3) is 2.40. The number of carboxylic acid groups (broad SMARTS) is 1. The molecule has 96 valence electrons. The minimum Gasteiger partial charge on any atom is -0.481 e. The maximum atomic E-state index is 11.4. The Balaban J connectivity index is 3.02. The topological polar surface area (TPSA) is 80.0 Å². The molecule has 0 aliphatic heterocycles. The van der Waals surface area contributed by atoms with Crippen LogP contribution in [0.25, 0.3) is 0 Å². The number of hydrogen-bond donors (Lipinski definition) is 2. The van der Waals surface area contributed by atoms with E-state index in [4.69, 9.17) is 0 Å². The molecule has 6 nitrogen and oxygen atoms in total. The highest BCUT2D eigenvalue weighted by atomic mass is 16.4. The van der Waals surface area contributed by atoms with Gasteiger partial charge in [-0.1, -0.05) is 13.8 Å². The summed E-state index contributed by atoms with van der Waals surface area (Å²) in [5.41, 5.74) is -0.828. The summed E-state index contributed by atoms with van der Waals surface area (Å²) in [6.45, 7) is 5.56. The Bertz CT molecular complexity index is 414. The van der Waals surface area contributed by atoms with E-state index in [1.807, 2.05) is 20.9 Å². The Labute approximate surface area is 101 Å². The van der Waals surface area contributed by atoms with Crippen molar-refractivity contribution in [2.45, 2.75) is 27.2 Å². The zero-order valence-corrected chi connectivity index (χ0v) is 11.0. The van der Waals surface area contributed by atoms with Crippen LogP contribution in [0.3, 0.4) is 0 Å². The second kappa shape index (κ2) is 4.73. The van der Waals surface area contributed by atoms with Crippen molar-refractivity contribution in [3.8, 4) is 0 Å². The molecule has 1 aromatic heterocycles. The van der Waals surface area contributed by atoms with Crippen LogP contribution in [0.15, 0.2) is 0 Å².